The summed E-state index contributed by atoms with van der Waals surface area (Å²) >= 11 is 0. The number of anilines is 1. The monoisotopic (exact) mass is 434 g/mol. The molecule has 166 valence electrons. The van der Waals surface area contributed by atoms with Gasteiger partial charge in [0.2, 0.25) is 0 Å². The number of imide groups is 1. The topological polar surface area (TPSA) is 84.0 Å². The number of fused-ring (bicyclic) bond motifs is 1. The van der Waals surface area contributed by atoms with Gasteiger partial charge in [0.1, 0.15) is 0 Å². The van der Waals surface area contributed by atoms with Crippen LogP contribution in [0.15, 0.2) is 48.5 Å². The molecule has 4 rings (SSSR count). The summed E-state index contributed by atoms with van der Waals surface area (Å²) in [5, 5.41) is 0. The molecule has 0 aromatic heterocycles. The SMILES string of the molecule is CC1CCC(N(C)C(=O)COC(=O)c2ccc(N3C(=O)c4ccccc4C3=O)cc2)CC1. The number of likely N-dealkylation sites (N-methyl/N-ethyl adjacent to an activating group) is 1. The van der Waals surface area contributed by atoms with Crippen LogP contribution >= 0.6 is 0 Å². The van der Waals surface area contributed by atoms with E-state index >= 15 is 0 Å². The summed E-state index contributed by atoms with van der Waals surface area (Å²) in [6.07, 6.45) is 4.14. The Labute approximate surface area is 187 Å². The summed E-state index contributed by atoms with van der Waals surface area (Å²) in [5.41, 5.74) is 1.33. The van der Waals surface area contributed by atoms with Crippen LogP contribution in [0.25, 0.3) is 0 Å². The maximum atomic E-state index is 12.6. The quantitative estimate of drug-likeness (QED) is 0.529. The average Bonchev–Trinajstić information content (AvgIpc) is 3.07. The molecule has 2 aromatic carbocycles. The molecular weight excluding hydrogens is 408 g/mol. The van der Waals surface area contributed by atoms with Crippen LogP contribution in [0.2, 0.25) is 0 Å². The lowest BCUT2D eigenvalue weighted by Gasteiger charge is -2.33. The Bertz CT molecular complexity index is 1020. The van der Waals surface area contributed by atoms with Crippen molar-refractivity contribution in [3.05, 3.63) is 65.2 Å². The number of ether oxygens (including phenoxy) is 1. The van der Waals surface area contributed by atoms with Gasteiger partial charge in [0, 0.05) is 13.1 Å². The van der Waals surface area contributed by atoms with Crippen molar-refractivity contribution in [2.75, 3.05) is 18.6 Å². The van der Waals surface area contributed by atoms with Crippen LogP contribution in [0.4, 0.5) is 5.69 Å². The second-order valence-electron chi connectivity index (χ2n) is 8.53. The van der Waals surface area contributed by atoms with Crippen LogP contribution in [0, 0.1) is 5.92 Å². The molecule has 7 heteroatoms. The van der Waals surface area contributed by atoms with Crippen LogP contribution in [-0.2, 0) is 9.53 Å². The van der Waals surface area contributed by atoms with E-state index in [1.54, 1.807) is 36.2 Å². The summed E-state index contributed by atoms with van der Waals surface area (Å²) < 4.78 is 5.20. The van der Waals surface area contributed by atoms with Crippen molar-refractivity contribution in [2.24, 2.45) is 5.92 Å². The van der Waals surface area contributed by atoms with E-state index in [0.29, 0.717) is 22.7 Å². The Morgan fingerprint density at radius 2 is 1.50 bits per heavy atom. The molecule has 0 radical (unpaired) electrons. The second kappa shape index (κ2) is 8.94. The van der Waals surface area contributed by atoms with Crippen molar-refractivity contribution in [3.8, 4) is 0 Å². The molecule has 2 aromatic rings. The molecular formula is C25H26N2O5. The highest BCUT2D eigenvalue weighted by atomic mass is 16.5. The first-order chi connectivity index (χ1) is 15.4. The van der Waals surface area contributed by atoms with Gasteiger partial charge in [-0.3, -0.25) is 14.4 Å². The molecule has 3 amide bonds. The molecule has 0 N–H and O–H groups in total. The summed E-state index contributed by atoms with van der Waals surface area (Å²) in [7, 11) is 1.76. The third-order valence-electron chi connectivity index (χ3n) is 6.41. The van der Waals surface area contributed by atoms with Gasteiger partial charge in [-0.25, -0.2) is 9.69 Å². The number of nitrogens with zero attached hydrogens (tertiary/aromatic N) is 2. The molecule has 0 saturated heterocycles. The molecule has 0 atom stereocenters. The lowest BCUT2D eigenvalue weighted by Crippen LogP contribution is -2.41. The number of carbonyl (C=O) groups excluding carboxylic acids is 4. The molecule has 1 aliphatic carbocycles. The smallest absolute Gasteiger partial charge is 0.338 e. The zero-order valence-corrected chi connectivity index (χ0v) is 18.2. The summed E-state index contributed by atoms with van der Waals surface area (Å²) in [6.45, 7) is 1.90. The number of amides is 3. The summed E-state index contributed by atoms with van der Waals surface area (Å²) in [5.74, 6) is -0.951. The molecule has 2 aliphatic rings. The predicted octanol–water partition coefficient (Wildman–Crippen LogP) is 3.68. The van der Waals surface area contributed by atoms with E-state index in [1.807, 2.05) is 0 Å². The molecule has 1 heterocycles. The Balaban J connectivity index is 1.35. The lowest BCUT2D eigenvalue weighted by atomic mass is 9.87. The number of benzene rings is 2. The maximum absolute atomic E-state index is 12.6. The van der Waals surface area contributed by atoms with Gasteiger partial charge in [0.05, 0.1) is 22.4 Å². The van der Waals surface area contributed by atoms with Crippen molar-refractivity contribution < 1.29 is 23.9 Å². The maximum Gasteiger partial charge on any atom is 0.338 e. The van der Waals surface area contributed by atoms with Gasteiger partial charge < -0.3 is 9.64 Å². The normalized spacial score (nSPS) is 20.1. The first-order valence-electron chi connectivity index (χ1n) is 10.9. The first-order valence-corrected chi connectivity index (χ1v) is 10.9. The van der Waals surface area contributed by atoms with Gasteiger partial charge in [-0.05, 0) is 68.0 Å². The van der Waals surface area contributed by atoms with E-state index in [2.05, 4.69) is 6.92 Å². The second-order valence-corrected chi connectivity index (χ2v) is 8.53. The molecule has 32 heavy (non-hydrogen) atoms. The highest BCUT2D eigenvalue weighted by molar-refractivity contribution is 6.34. The minimum atomic E-state index is -0.627. The van der Waals surface area contributed by atoms with Crippen molar-refractivity contribution >= 4 is 29.4 Å². The number of hydrogen-bond donors (Lipinski definition) is 0. The van der Waals surface area contributed by atoms with Gasteiger partial charge >= 0.3 is 5.97 Å². The number of rotatable bonds is 5. The molecule has 7 nitrogen and oxygen atoms in total. The van der Waals surface area contributed by atoms with Crippen molar-refractivity contribution in [1.82, 2.24) is 4.90 Å². The van der Waals surface area contributed by atoms with Crippen LogP contribution in [0.3, 0.4) is 0 Å². The van der Waals surface area contributed by atoms with E-state index < -0.39 is 17.8 Å². The third kappa shape index (κ3) is 4.15. The van der Waals surface area contributed by atoms with Crippen LogP contribution < -0.4 is 4.90 Å². The van der Waals surface area contributed by atoms with E-state index in [0.717, 1.165) is 30.6 Å². The zero-order chi connectivity index (χ0) is 22.8. The van der Waals surface area contributed by atoms with Gasteiger partial charge in [0.15, 0.2) is 6.61 Å². The van der Waals surface area contributed by atoms with Crippen molar-refractivity contribution in [2.45, 2.75) is 38.6 Å². The largest absolute Gasteiger partial charge is 0.452 e. The van der Waals surface area contributed by atoms with Gasteiger partial charge in [-0.2, -0.15) is 0 Å². The first kappa shape index (κ1) is 21.7. The predicted molar refractivity (Wildman–Crippen MR) is 118 cm³/mol. The standard InChI is InChI=1S/C25H26N2O5/c1-16-7-11-18(12-8-16)26(2)22(28)15-32-25(31)17-9-13-19(14-10-17)27-23(29)20-5-3-4-6-21(20)24(27)30/h3-6,9-10,13-14,16,18H,7-8,11-12,15H2,1-2H3. The number of hydrogen-bond acceptors (Lipinski definition) is 5. The number of carbonyl (C=O) groups is 4. The molecule has 0 bridgehead atoms. The fraction of sp³-hybridized carbons (Fsp3) is 0.360. The Hall–Kier alpha value is -3.48. The molecule has 1 aliphatic heterocycles. The number of esters is 1. The van der Waals surface area contributed by atoms with Crippen LogP contribution in [0.5, 0.6) is 0 Å². The molecule has 0 spiro atoms. The minimum Gasteiger partial charge on any atom is -0.452 e. The lowest BCUT2D eigenvalue weighted by molar-refractivity contribution is -0.136. The molecule has 1 fully saturated rings. The van der Waals surface area contributed by atoms with Crippen LogP contribution in [-0.4, -0.2) is 48.3 Å². The third-order valence-corrected chi connectivity index (χ3v) is 6.41. The highest BCUT2D eigenvalue weighted by Crippen LogP contribution is 2.29. The Kier molecular flexibility index (Phi) is 6.08. The van der Waals surface area contributed by atoms with Crippen LogP contribution in [0.1, 0.15) is 63.7 Å². The van der Waals surface area contributed by atoms with E-state index in [1.165, 1.54) is 24.3 Å². The van der Waals surface area contributed by atoms with Crippen molar-refractivity contribution in [3.63, 3.8) is 0 Å². The average molecular weight is 434 g/mol. The van der Waals surface area contributed by atoms with Gasteiger partial charge in [-0.1, -0.05) is 19.1 Å². The molecule has 0 unspecified atom stereocenters. The summed E-state index contributed by atoms with van der Waals surface area (Å²) in [6, 6.07) is 12.9. The van der Waals surface area contributed by atoms with Gasteiger partial charge in [0.25, 0.3) is 17.7 Å². The fourth-order valence-electron chi connectivity index (χ4n) is 4.32. The Morgan fingerprint density at radius 3 is 2.06 bits per heavy atom. The highest BCUT2D eigenvalue weighted by Gasteiger charge is 2.36. The van der Waals surface area contributed by atoms with E-state index in [9.17, 15) is 19.2 Å². The molecule has 1 saturated carbocycles. The fourth-order valence-corrected chi connectivity index (χ4v) is 4.32. The minimum absolute atomic E-state index is 0.191. The van der Waals surface area contributed by atoms with E-state index in [-0.39, 0.29) is 24.1 Å². The van der Waals surface area contributed by atoms with E-state index in [4.69, 9.17) is 4.74 Å². The van der Waals surface area contributed by atoms with Gasteiger partial charge in [-0.15, -0.1) is 0 Å². The Morgan fingerprint density at radius 1 is 0.938 bits per heavy atom. The summed E-state index contributed by atoms with van der Waals surface area (Å²) in [4.78, 5) is 52.8. The van der Waals surface area contributed by atoms with Crippen molar-refractivity contribution in [1.29, 1.82) is 0 Å². The zero-order valence-electron chi connectivity index (χ0n) is 18.2.